The summed E-state index contributed by atoms with van der Waals surface area (Å²) in [6, 6.07) is 12.3. The van der Waals surface area contributed by atoms with E-state index in [0.29, 0.717) is 21.3 Å². The van der Waals surface area contributed by atoms with Gasteiger partial charge in [-0.25, -0.2) is 0 Å². The van der Waals surface area contributed by atoms with Gasteiger partial charge in [-0.15, -0.1) is 0 Å². The van der Waals surface area contributed by atoms with E-state index in [4.69, 9.17) is 23.2 Å². The standard InChI is InChI=1S/C18H15Cl2N3O2/c1-23-10-13(12-4-2-3-5-16(12)23)18(25)21-9-17(24)22-15-8-11(19)6-7-14(15)20/h2-8,10H,9H2,1H3,(H,21,25)(H,22,24). The van der Waals surface area contributed by atoms with Gasteiger partial charge in [0, 0.05) is 29.2 Å². The van der Waals surface area contributed by atoms with Crippen LogP contribution in [0.3, 0.4) is 0 Å². The molecule has 25 heavy (non-hydrogen) atoms. The quantitative estimate of drug-likeness (QED) is 0.727. The van der Waals surface area contributed by atoms with E-state index in [1.54, 1.807) is 24.4 Å². The van der Waals surface area contributed by atoms with Gasteiger partial charge in [-0.2, -0.15) is 0 Å². The van der Waals surface area contributed by atoms with Crippen molar-refractivity contribution >= 4 is 51.6 Å². The maximum Gasteiger partial charge on any atom is 0.253 e. The van der Waals surface area contributed by atoms with Crippen LogP contribution in [-0.4, -0.2) is 22.9 Å². The summed E-state index contributed by atoms with van der Waals surface area (Å²) in [5.74, 6) is -0.707. The van der Waals surface area contributed by atoms with Crippen molar-refractivity contribution in [1.82, 2.24) is 9.88 Å². The lowest BCUT2D eigenvalue weighted by atomic mass is 10.1. The Morgan fingerprint density at radius 3 is 2.68 bits per heavy atom. The molecule has 128 valence electrons. The Morgan fingerprint density at radius 2 is 1.88 bits per heavy atom. The molecule has 3 rings (SSSR count). The lowest BCUT2D eigenvalue weighted by Crippen LogP contribution is -2.32. The third kappa shape index (κ3) is 3.78. The van der Waals surface area contributed by atoms with Gasteiger partial charge in [0.2, 0.25) is 5.91 Å². The fraction of sp³-hybridized carbons (Fsp3) is 0.111. The highest BCUT2D eigenvalue weighted by Gasteiger charge is 2.15. The van der Waals surface area contributed by atoms with Gasteiger partial charge in [0.15, 0.2) is 0 Å². The minimum absolute atomic E-state index is 0.176. The number of carbonyl (C=O) groups is 2. The van der Waals surface area contributed by atoms with Crippen LogP contribution in [0.25, 0.3) is 10.9 Å². The van der Waals surface area contributed by atoms with Crippen LogP contribution >= 0.6 is 23.2 Å². The SMILES string of the molecule is Cn1cc(C(=O)NCC(=O)Nc2cc(Cl)ccc2Cl)c2ccccc21. The second-order valence-corrected chi connectivity index (χ2v) is 6.37. The number of halogens is 2. The Hall–Kier alpha value is -2.50. The lowest BCUT2D eigenvalue weighted by Gasteiger charge is -2.08. The maximum atomic E-state index is 12.4. The minimum atomic E-state index is -0.391. The molecule has 0 unspecified atom stereocenters. The van der Waals surface area contributed by atoms with E-state index in [1.165, 1.54) is 0 Å². The number of nitrogens with zero attached hydrogens (tertiary/aromatic N) is 1. The number of fused-ring (bicyclic) bond motifs is 1. The van der Waals surface area contributed by atoms with Crippen LogP contribution in [0.15, 0.2) is 48.7 Å². The molecule has 0 aliphatic heterocycles. The number of aromatic nitrogens is 1. The summed E-state index contributed by atoms with van der Waals surface area (Å²) in [6.45, 7) is -0.176. The van der Waals surface area contributed by atoms with Gasteiger partial charge in [0.25, 0.3) is 5.91 Å². The Balaban J connectivity index is 1.67. The van der Waals surface area contributed by atoms with Gasteiger partial charge in [0.1, 0.15) is 0 Å². The summed E-state index contributed by atoms with van der Waals surface area (Å²) in [7, 11) is 1.87. The molecule has 0 aliphatic rings. The molecule has 0 spiro atoms. The first kappa shape index (κ1) is 17.3. The van der Waals surface area contributed by atoms with Crippen molar-refractivity contribution in [3.63, 3.8) is 0 Å². The molecule has 2 aromatic carbocycles. The van der Waals surface area contributed by atoms with Gasteiger partial charge in [-0.3, -0.25) is 9.59 Å². The van der Waals surface area contributed by atoms with Crippen molar-refractivity contribution in [2.24, 2.45) is 7.05 Å². The van der Waals surface area contributed by atoms with Gasteiger partial charge in [-0.05, 0) is 24.3 Å². The smallest absolute Gasteiger partial charge is 0.253 e. The zero-order chi connectivity index (χ0) is 18.0. The Morgan fingerprint density at radius 1 is 1.12 bits per heavy atom. The van der Waals surface area contributed by atoms with Gasteiger partial charge in [-0.1, -0.05) is 41.4 Å². The van der Waals surface area contributed by atoms with Crippen molar-refractivity contribution in [1.29, 1.82) is 0 Å². The van der Waals surface area contributed by atoms with Crippen LogP contribution in [0, 0.1) is 0 Å². The number of para-hydroxylation sites is 1. The molecular weight excluding hydrogens is 361 g/mol. The summed E-state index contributed by atoms with van der Waals surface area (Å²) >= 11 is 11.9. The second-order valence-electron chi connectivity index (χ2n) is 5.53. The van der Waals surface area contributed by atoms with Crippen LogP contribution in [-0.2, 0) is 11.8 Å². The lowest BCUT2D eigenvalue weighted by molar-refractivity contribution is -0.115. The van der Waals surface area contributed by atoms with E-state index in [0.717, 1.165) is 10.9 Å². The number of anilines is 1. The van der Waals surface area contributed by atoms with Crippen LogP contribution in [0.5, 0.6) is 0 Å². The minimum Gasteiger partial charge on any atom is -0.350 e. The summed E-state index contributed by atoms with van der Waals surface area (Å²) in [5.41, 5.74) is 1.87. The van der Waals surface area contributed by atoms with Crippen LogP contribution < -0.4 is 10.6 Å². The highest BCUT2D eigenvalue weighted by Crippen LogP contribution is 2.25. The van der Waals surface area contributed by atoms with Crippen molar-refractivity contribution in [2.45, 2.75) is 0 Å². The average molecular weight is 376 g/mol. The highest BCUT2D eigenvalue weighted by molar-refractivity contribution is 6.35. The van der Waals surface area contributed by atoms with Crippen LogP contribution in [0.2, 0.25) is 10.0 Å². The van der Waals surface area contributed by atoms with E-state index in [1.807, 2.05) is 35.9 Å². The molecule has 1 heterocycles. The van der Waals surface area contributed by atoms with E-state index in [9.17, 15) is 9.59 Å². The van der Waals surface area contributed by atoms with Crippen molar-refractivity contribution in [3.8, 4) is 0 Å². The summed E-state index contributed by atoms with van der Waals surface area (Å²) < 4.78 is 1.87. The fourth-order valence-electron chi connectivity index (χ4n) is 2.57. The highest BCUT2D eigenvalue weighted by atomic mass is 35.5. The monoisotopic (exact) mass is 375 g/mol. The average Bonchev–Trinajstić information content (AvgIpc) is 2.93. The maximum absolute atomic E-state index is 12.4. The number of hydrogen-bond donors (Lipinski definition) is 2. The number of aryl methyl sites for hydroxylation is 1. The van der Waals surface area contributed by atoms with Crippen molar-refractivity contribution < 1.29 is 9.59 Å². The topological polar surface area (TPSA) is 63.1 Å². The van der Waals surface area contributed by atoms with Crippen LogP contribution in [0.1, 0.15) is 10.4 Å². The number of carbonyl (C=O) groups excluding carboxylic acids is 2. The Kier molecular flexibility index (Phi) is 4.97. The molecule has 0 saturated heterocycles. The molecule has 0 saturated carbocycles. The summed E-state index contributed by atoms with van der Waals surface area (Å²) in [5, 5.41) is 6.91. The molecule has 2 N–H and O–H groups in total. The molecule has 1 aromatic heterocycles. The predicted octanol–water partition coefficient (Wildman–Crippen LogP) is 3.85. The normalized spacial score (nSPS) is 10.7. The molecule has 2 amide bonds. The molecular formula is C18H15Cl2N3O2. The van der Waals surface area contributed by atoms with Gasteiger partial charge >= 0.3 is 0 Å². The van der Waals surface area contributed by atoms with Crippen LogP contribution in [0.4, 0.5) is 5.69 Å². The van der Waals surface area contributed by atoms with Crippen molar-refractivity contribution in [3.05, 3.63) is 64.3 Å². The summed E-state index contributed by atoms with van der Waals surface area (Å²) in [4.78, 5) is 24.4. The predicted molar refractivity (Wildman–Crippen MR) is 100 cm³/mol. The van der Waals surface area contributed by atoms with Gasteiger partial charge in [0.05, 0.1) is 22.8 Å². The third-order valence-corrected chi connectivity index (χ3v) is 4.32. The van der Waals surface area contributed by atoms with E-state index >= 15 is 0 Å². The number of benzene rings is 2. The Bertz CT molecular complexity index is 966. The first-order chi connectivity index (χ1) is 12.0. The molecule has 0 atom stereocenters. The zero-order valence-corrected chi connectivity index (χ0v) is 14.9. The zero-order valence-electron chi connectivity index (χ0n) is 13.3. The van der Waals surface area contributed by atoms with E-state index < -0.39 is 5.91 Å². The molecule has 7 heteroatoms. The largest absolute Gasteiger partial charge is 0.350 e. The first-order valence-electron chi connectivity index (χ1n) is 7.53. The third-order valence-electron chi connectivity index (χ3n) is 3.75. The Labute approximate surface area is 154 Å². The molecule has 5 nitrogen and oxygen atoms in total. The first-order valence-corrected chi connectivity index (χ1v) is 8.28. The molecule has 3 aromatic rings. The number of rotatable bonds is 4. The van der Waals surface area contributed by atoms with Gasteiger partial charge < -0.3 is 15.2 Å². The second kappa shape index (κ2) is 7.17. The molecule has 0 bridgehead atoms. The number of amides is 2. The number of hydrogen-bond acceptors (Lipinski definition) is 2. The molecule has 0 fully saturated rings. The van der Waals surface area contributed by atoms with E-state index in [2.05, 4.69) is 10.6 Å². The molecule has 0 aliphatic carbocycles. The molecule has 0 radical (unpaired) electrons. The fourth-order valence-corrected chi connectivity index (χ4v) is 2.90. The summed E-state index contributed by atoms with van der Waals surface area (Å²) in [6.07, 6.45) is 1.74. The van der Waals surface area contributed by atoms with E-state index in [-0.39, 0.29) is 12.5 Å². The number of nitrogens with one attached hydrogen (secondary N) is 2. The van der Waals surface area contributed by atoms with Crippen molar-refractivity contribution in [2.75, 3.05) is 11.9 Å².